The van der Waals surface area contributed by atoms with Crippen molar-refractivity contribution in [3.63, 3.8) is 0 Å². The minimum atomic E-state index is -1.67. The molecule has 34 heavy (non-hydrogen) atoms. The maximum atomic E-state index is 13.0. The van der Waals surface area contributed by atoms with Crippen LogP contribution in [0.25, 0.3) is 10.9 Å². The molecule has 3 rings (SSSR count). The van der Waals surface area contributed by atoms with Gasteiger partial charge in [-0.25, -0.2) is 9.59 Å². The van der Waals surface area contributed by atoms with Crippen LogP contribution < -0.4 is 10.5 Å². The van der Waals surface area contributed by atoms with Crippen LogP contribution >= 0.6 is 0 Å². The number of aromatic nitrogens is 1. The molecule has 1 aliphatic heterocycles. The van der Waals surface area contributed by atoms with Crippen molar-refractivity contribution in [3.8, 4) is 5.75 Å². The van der Waals surface area contributed by atoms with Crippen LogP contribution in [0.1, 0.15) is 36.8 Å². The summed E-state index contributed by atoms with van der Waals surface area (Å²) in [4.78, 5) is 56.6. The number of ether oxygens (including phenoxy) is 2. The molecule has 11 heteroatoms. The second-order valence-corrected chi connectivity index (χ2v) is 8.31. The standard InChI is InChI=1S/C23H28N4O7/c1-4-33-22(32)27-11-9-26(10-12-27)17(28)13-16-18(20(24)29)19(34-23(2,3)21(30)31)14-7-5-6-8-15(14)25-16/h5-8H,4,9-13H2,1-3H3,(H2,24,29)(H,30,31). The molecule has 0 aliphatic carbocycles. The van der Waals surface area contributed by atoms with Crippen LogP contribution in [0.4, 0.5) is 4.79 Å². The molecule has 1 fully saturated rings. The lowest BCUT2D eigenvalue weighted by Gasteiger charge is -2.34. The van der Waals surface area contributed by atoms with E-state index in [2.05, 4.69) is 4.98 Å². The smallest absolute Gasteiger partial charge is 0.409 e. The molecule has 0 atom stereocenters. The molecule has 1 aromatic carbocycles. The lowest BCUT2D eigenvalue weighted by molar-refractivity contribution is -0.152. The van der Waals surface area contributed by atoms with Crippen LogP contribution in [0.5, 0.6) is 5.75 Å². The molecule has 0 spiro atoms. The molecule has 0 bridgehead atoms. The van der Waals surface area contributed by atoms with Crippen LogP contribution in [0, 0.1) is 0 Å². The monoisotopic (exact) mass is 472 g/mol. The van der Waals surface area contributed by atoms with Gasteiger partial charge < -0.3 is 30.1 Å². The van der Waals surface area contributed by atoms with Crippen molar-refractivity contribution in [2.45, 2.75) is 32.8 Å². The Bertz CT molecular complexity index is 1120. The fourth-order valence-electron chi connectivity index (χ4n) is 3.63. The first-order valence-corrected chi connectivity index (χ1v) is 10.9. The third-order valence-corrected chi connectivity index (χ3v) is 5.52. The number of amides is 3. The van der Waals surface area contributed by atoms with E-state index in [1.54, 1.807) is 36.1 Å². The number of primary amides is 1. The molecule has 11 nitrogen and oxygen atoms in total. The van der Waals surface area contributed by atoms with Gasteiger partial charge in [0, 0.05) is 31.6 Å². The maximum Gasteiger partial charge on any atom is 0.409 e. The molecular weight excluding hydrogens is 444 g/mol. The van der Waals surface area contributed by atoms with Crippen molar-refractivity contribution in [1.82, 2.24) is 14.8 Å². The van der Waals surface area contributed by atoms with E-state index in [0.29, 0.717) is 37.1 Å². The number of nitrogens with two attached hydrogens (primary N) is 1. The highest BCUT2D eigenvalue weighted by atomic mass is 16.6. The highest BCUT2D eigenvalue weighted by molar-refractivity contribution is 6.04. The molecule has 1 aromatic heterocycles. The molecule has 3 amide bonds. The lowest BCUT2D eigenvalue weighted by atomic mass is 10.0. The van der Waals surface area contributed by atoms with Crippen molar-refractivity contribution >= 4 is 34.8 Å². The Balaban J connectivity index is 1.93. The van der Waals surface area contributed by atoms with E-state index < -0.39 is 23.6 Å². The molecule has 1 aliphatic rings. The summed E-state index contributed by atoms with van der Waals surface area (Å²) in [6.45, 7) is 5.93. The largest absolute Gasteiger partial charge is 0.478 e. The molecule has 0 radical (unpaired) electrons. The summed E-state index contributed by atoms with van der Waals surface area (Å²) in [5.74, 6) is -2.46. The number of benzene rings is 1. The normalized spacial score (nSPS) is 14.1. The fourth-order valence-corrected chi connectivity index (χ4v) is 3.63. The predicted octanol–water partition coefficient (Wildman–Crippen LogP) is 1.42. The summed E-state index contributed by atoms with van der Waals surface area (Å²) in [6.07, 6.45) is -0.670. The minimum absolute atomic E-state index is 0.0274. The van der Waals surface area contributed by atoms with Crippen molar-refractivity contribution in [3.05, 3.63) is 35.5 Å². The highest BCUT2D eigenvalue weighted by Gasteiger charge is 2.34. The third kappa shape index (κ3) is 5.19. The summed E-state index contributed by atoms with van der Waals surface area (Å²) in [5, 5.41) is 9.94. The second-order valence-electron chi connectivity index (χ2n) is 8.31. The highest BCUT2D eigenvalue weighted by Crippen LogP contribution is 2.34. The Morgan fingerprint density at radius 2 is 1.71 bits per heavy atom. The first-order chi connectivity index (χ1) is 16.0. The van der Waals surface area contributed by atoms with Crippen molar-refractivity contribution in [2.75, 3.05) is 32.8 Å². The zero-order chi connectivity index (χ0) is 25.0. The zero-order valence-corrected chi connectivity index (χ0v) is 19.4. The van der Waals surface area contributed by atoms with Crippen LogP contribution in [-0.2, 0) is 20.7 Å². The molecule has 1 saturated heterocycles. The Labute approximate surface area is 196 Å². The van der Waals surface area contributed by atoms with E-state index in [0.717, 1.165) is 0 Å². The van der Waals surface area contributed by atoms with Crippen molar-refractivity contribution in [2.24, 2.45) is 5.73 Å². The van der Waals surface area contributed by atoms with Gasteiger partial charge in [-0.3, -0.25) is 14.6 Å². The van der Waals surface area contributed by atoms with Gasteiger partial charge in [0.2, 0.25) is 5.91 Å². The first kappa shape index (κ1) is 24.7. The number of fused-ring (bicyclic) bond motifs is 1. The van der Waals surface area contributed by atoms with E-state index in [1.807, 2.05) is 0 Å². The Morgan fingerprint density at radius 1 is 1.09 bits per heavy atom. The lowest BCUT2D eigenvalue weighted by Crippen LogP contribution is -2.51. The van der Waals surface area contributed by atoms with Gasteiger partial charge >= 0.3 is 12.1 Å². The number of pyridine rings is 1. The number of carboxylic acid groups (broad SMARTS) is 1. The number of piperazine rings is 1. The number of rotatable bonds is 7. The van der Waals surface area contributed by atoms with Crippen LogP contribution in [0.2, 0.25) is 0 Å². The molecule has 0 unspecified atom stereocenters. The van der Waals surface area contributed by atoms with Crippen molar-refractivity contribution in [1.29, 1.82) is 0 Å². The van der Waals surface area contributed by atoms with E-state index in [9.17, 15) is 24.3 Å². The number of carbonyl (C=O) groups is 4. The number of aliphatic carboxylic acids is 1. The van der Waals surface area contributed by atoms with Crippen LogP contribution in [0.3, 0.4) is 0 Å². The summed E-state index contributed by atoms with van der Waals surface area (Å²) < 4.78 is 10.8. The predicted molar refractivity (Wildman–Crippen MR) is 121 cm³/mol. The number of hydrogen-bond donors (Lipinski definition) is 2. The van der Waals surface area contributed by atoms with Gasteiger partial charge in [-0.05, 0) is 32.9 Å². The Kier molecular flexibility index (Phi) is 7.23. The van der Waals surface area contributed by atoms with Crippen LogP contribution in [-0.4, -0.2) is 82.2 Å². The second kappa shape index (κ2) is 9.94. The topological polar surface area (TPSA) is 152 Å². The van der Waals surface area contributed by atoms with Gasteiger partial charge in [-0.2, -0.15) is 0 Å². The quantitative estimate of drug-likeness (QED) is 0.614. The maximum absolute atomic E-state index is 13.0. The number of hydrogen-bond acceptors (Lipinski definition) is 7. The number of carboxylic acids is 1. The van der Waals surface area contributed by atoms with Gasteiger partial charge in [-0.1, -0.05) is 12.1 Å². The van der Waals surface area contributed by atoms with Gasteiger partial charge in [0.15, 0.2) is 5.60 Å². The Hall–Kier alpha value is -3.89. The van der Waals surface area contributed by atoms with E-state index in [-0.39, 0.29) is 35.9 Å². The van der Waals surface area contributed by atoms with E-state index in [4.69, 9.17) is 15.2 Å². The summed E-state index contributed by atoms with van der Waals surface area (Å²) >= 11 is 0. The summed E-state index contributed by atoms with van der Waals surface area (Å²) in [5.41, 5.74) is 4.37. The van der Waals surface area contributed by atoms with Gasteiger partial charge in [0.25, 0.3) is 5.91 Å². The first-order valence-electron chi connectivity index (χ1n) is 10.9. The Morgan fingerprint density at radius 3 is 2.29 bits per heavy atom. The van der Waals surface area contributed by atoms with Gasteiger partial charge in [-0.15, -0.1) is 0 Å². The van der Waals surface area contributed by atoms with Crippen molar-refractivity contribution < 1.29 is 33.8 Å². The third-order valence-electron chi connectivity index (χ3n) is 5.52. The van der Waals surface area contributed by atoms with Gasteiger partial charge in [0.05, 0.1) is 24.2 Å². The average Bonchev–Trinajstić information content (AvgIpc) is 2.78. The van der Waals surface area contributed by atoms with E-state index >= 15 is 0 Å². The fraction of sp³-hybridized carbons (Fsp3) is 0.435. The number of para-hydroxylation sites is 1. The summed E-state index contributed by atoms with van der Waals surface area (Å²) in [7, 11) is 0. The molecule has 2 heterocycles. The molecule has 182 valence electrons. The number of nitrogens with zero attached hydrogens (tertiary/aromatic N) is 3. The van der Waals surface area contributed by atoms with Gasteiger partial charge in [0.1, 0.15) is 11.3 Å². The van der Waals surface area contributed by atoms with E-state index in [1.165, 1.54) is 18.7 Å². The molecular formula is C23H28N4O7. The minimum Gasteiger partial charge on any atom is -0.478 e. The zero-order valence-electron chi connectivity index (χ0n) is 19.4. The summed E-state index contributed by atoms with van der Waals surface area (Å²) in [6, 6.07) is 6.74. The molecule has 2 aromatic rings. The SMILES string of the molecule is CCOC(=O)N1CCN(C(=O)Cc2nc3ccccc3c(OC(C)(C)C(=O)O)c2C(N)=O)CC1. The molecule has 0 saturated carbocycles. The average molecular weight is 472 g/mol. The number of carbonyl (C=O) groups excluding carboxylic acids is 3. The van der Waals surface area contributed by atoms with Crippen LogP contribution in [0.15, 0.2) is 24.3 Å². The molecule has 3 N–H and O–H groups in total.